The van der Waals surface area contributed by atoms with Crippen molar-refractivity contribution in [1.82, 2.24) is 40.4 Å². The molecule has 2 heterocycles. The largest absolute Gasteiger partial charge is 4.00 e. The van der Waals surface area contributed by atoms with E-state index >= 15 is 0 Å². The van der Waals surface area contributed by atoms with Crippen molar-refractivity contribution in [3.8, 4) is 11.4 Å². The first-order valence-corrected chi connectivity index (χ1v) is 8.64. The van der Waals surface area contributed by atoms with E-state index in [1.54, 1.807) is 0 Å². The Morgan fingerprint density at radius 2 is 1.03 bits per heavy atom. The van der Waals surface area contributed by atoms with Gasteiger partial charge in [-0.05, 0) is 21.8 Å². The Kier molecular flexibility index (Phi) is 8.59. The summed E-state index contributed by atoms with van der Waals surface area (Å²) in [6, 6.07) is 24.5. The molecule has 0 N–H and O–H groups in total. The zero-order valence-corrected chi connectivity index (χ0v) is 19.0. The summed E-state index contributed by atoms with van der Waals surface area (Å²) in [4.78, 5) is 3.03. The van der Waals surface area contributed by atoms with Gasteiger partial charge in [-0.1, -0.05) is 12.1 Å². The number of halogens is 2. The molecule has 31 heavy (non-hydrogen) atoms. The van der Waals surface area contributed by atoms with E-state index in [9.17, 15) is 0 Å². The summed E-state index contributed by atoms with van der Waals surface area (Å²) in [5.41, 5.74) is 1.90. The van der Waals surface area contributed by atoms with Crippen LogP contribution in [0.2, 0.25) is 0 Å². The predicted molar refractivity (Wildman–Crippen MR) is 105 cm³/mol. The number of hydrogen-bond acceptors (Lipinski definition) is 6. The average molecular weight is 485 g/mol. The van der Waals surface area contributed by atoms with Gasteiger partial charge in [-0.15, -0.1) is 103 Å². The molecule has 0 unspecified atom stereocenters. The molecule has 0 amide bonds. The Balaban J connectivity index is 0.000000201. The van der Waals surface area contributed by atoms with E-state index in [0.29, 0.717) is 0 Å². The maximum atomic E-state index is 3.98. The molecule has 0 bridgehead atoms. The van der Waals surface area contributed by atoms with E-state index in [1.165, 1.54) is 43.8 Å². The van der Waals surface area contributed by atoms with Crippen LogP contribution in [0.5, 0.6) is 0 Å². The fourth-order valence-corrected chi connectivity index (χ4v) is 3.07. The molecule has 0 radical (unpaired) electrons. The van der Waals surface area contributed by atoms with E-state index in [2.05, 4.69) is 55.1 Å². The van der Waals surface area contributed by atoms with Crippen LogP contribution >= 0.6 is 0 Å². The van der Waals surface area contributed by atoms with Crippen molar-refractivity contribution in [3.63, 3.8) is 0 Å². The number of tetrazole rings is 2. The maximum Gasteiger partial charge on any atom is 4.00 e. The minimum atomic E-state index is 0. The molecule has 6 aromatic rings. The molecule has 0 saturated carbocycles. The smallest absolute Gasteiger partial charge is 1.00 e. The Labute approximate surface area is 204 Å². The second kappa shape index (κ2) is 10.9. The van der Waals surface area contributed by atoms with Crippen molar-refractivity contribution in [2.75, 3.05) is 0 Å². The van der Waals surface area contributed by atoms with Gasteiger partial charge in [0.1, 0.15) is 0 Å². The van der Waals surface area contributed by atoms with Crippen molar-refractivity contribution in [2.45, 2.75) is 0 Å². The third-order valence-electron chi connectivity index (χ3n) is 4.37. The van der Waals surface area contributed by atoms with Gasteiger partial charge in [-0.3, -0.25) is 0 Å². The maximum absolute atomic E-state index is 3.98. The van der Waals surface area contributed by atoms with E-state index in [0.717, 1.165) is 11.4 Å². The van der Waals surface area contributed by atoms with Gasteiger partial charge in [-0.25, -0.2) is 0 Å². The van der Waals surface area contributed by atoms with E-state index in [-0.39, 0.29) is 46.5 Å². The fourth-order valence-electron chi connectivity index (χ4n) is 3.07. The summed E-state index contributed by atoms with van der Waals surface area (Å²) < 4.78 is 0. The molecule has 0 fully saturated rings. The molecule has 8 nitrogen and oxygen atoms in total. The quantitative estimate of drug-likeness (QED) is 0.193. The number of benzene rings is 2. The van der Waals surface area contributed by atoms with Crippen LogP contribution in [0.3, 0.4) is 0 Å². The second-order valence-corrected chi connectivity index (χ2v) is 6.14. The van der Waals surface area contributed by atoms with Gasteiger partial charge in [0, 0.05) is 0 Å². The van der Waals surface area contributed by atoms with Crippen molar-refractivity contribution in [1.29, 1.82) is 0 Å². The molecule has 0 spiro atoms. The van der Waals surface area contributed by atoms with Crippen LogP contribution in [0.1, 0.15) is 0 Å². The molecular weight excluding hydrogens is 471 g/mol. The molecule has 0 aliphatic carbocycles. The van der Waals surface area contributed by atoms with E-state index in [4.69, 9.17) is 0 Å². The Bertz CT molecular complexity index is 1160. The second-order valence-electron chi connectivity index (χ2n) is 6.14. The van der Waals surface area contributed by atoms with Crippen molar-refractivity contribution >= 4 is 21.5 Å². The molecule has 4 aromatic carbocycles. The van der Waals surface area contributed by atoms with Crippen LogP contribution in [0.25, 0.3) is 32.9 Å². The zero-order valence-electron chi connectivity index (χ0n) is 15.9. The van der Waals surface area contributed by atoms with Crippen molar-refractivity contribution in [2.24, 2.45) is 0 Å². The average Bonchev–Trinajstić information content (AvgIpc) is 3.54. The summed E-state index contributed by atoms with van der Waals surface area (Å²) in [5.74, 6) is 0. The van der Waals surface area contributed by atoms with Crippen LogP contribution < -0.4 is 24.8 Å². The van der Waals surface area contributed by atoms with Gasteiger partial charge in [0.2, 0.25) is 0 Å². The van der Waals surface area contributed by atoms with Gasteiger partial charge in [0.05, 0.1) is 0 Å². The van der Waals surface area contributed by atoms with Crippen LogP contribution in [0, 0.1) is 0 Å². The van der Waals surface area contributed by atoms with Gasteiger partial charge in [0.25, 0.3) is 0 Å². The summed E-state index contributed by atoms with van der Waals surface area (Å²) in [5, 5.41) is 27.7. The molecule has 0 atom stereocenters. The first kappa shape index (κ1) is 24.4. The fraction of sp³-hybridized carbons (Fsp3) is 0. The van der Waals surface area contributed by atoms with Crippen LogP contribution in [0.15, 0.2) is 85.5 Å². The topological polar surface area (TPSA) is 87.2 Å². The monoisotopic (exact) mass is 484 g/mol. The first-order valence-electron chi connectivity index (χ1n) is 8.64. The minimum Gasteiger partial charge on any atom is -1.00 e. The molecule has 152 valence electrons. The first-order chi connectivity index (χ1) is 13.9. The van der Waals surface area contributed by atoms with E-state index < -0.39 is 0 Å². The third kappa shape index (κ3) is 5.23. The summed E-state index contributed by atoms with van der Waals surface area (Å²) in [6.45, 7) is 0. The Morgan fingerprint density at radius 1 is 0.613 bits per heavy atom. The van der Waals surface area contributed by atoms with Crippen molar-refractivity contribution < 1.29 is 46.5 Å². The predicted octanol–water partition coefficient (Wildman–Crippen LogP) is -2.93. The van der Waals surface area contributed by atoms with Crippen LogP contribution in [-0.4, -0.2) is 40.4 Å². The Hall–Kier alpha value is -2.91. The summed E-state index contributed by atoms with van der Waals surface area (Å²) in [7, 11) is 0. The van der Waals surface area contributed by atoms with Gasteiger partial charge in [0.15, 0.2) is 12.7 Å². The van der Waals surface area contributed by atoms with Gasteiger partial charge in [-0.2, -0.15) is 9.59 Å². The number of aromatic nitrogens is 8. The summed E-state index contributed by atoms with van der Waals surface area (Å²) >= 11 is 0. The zero-order chi connectivity index (χ0) is 18.8. The Morgan fingerprint density at radius 3 is 1.39 bits per heavy atom. The van der Waals surface area contributed by atoms with Crippen molar-refractivity contribution in [3.05, 3.63) is 85.5 Å². The molecule has 0 aliphatic rings. The molecule has 11 heteroatoms. The standard InChI is InChI=1S/2C10H7N4.2ClH.Ti/c2*1-2-4-9-6-10(5-8(9)3-1)14-12-7-11-13-14;;;/h2*1-7H;2*1H;/q2*-1;;;+4/p-2. The van der Waals surface area contributed by atoms with Crippen LogP contribution in [-0.2, 0) is 21.7 Å². The number of rotatable bonds is 2. The SMILES string of the molecule is [Cl-].[Cl-].[Ti+4].c1ccc2[cH-]c(-n3ncnn3)cc2c1.c1ccc2[cH-]c(-n3ncnn3)cc2c1. The third-order valence-corrected chi connectivity index (χ3v) is 4.37. The number of fused-ring (bicyclic) bond motifs is 2. The van der Waals surface area contributed by atoms with Gasteiger partial charge >= 0.3 is 21.7 Å². The molecular formula is C20H14Cl2N8Ti. The van der Waals surface area contributed by atoms with Gasteiger partial charge < -0.3 is 24.8 Å². The molecule has 0 aliphatic heterocycles. The number of nitrogens with zero attached hydrogens (tertiary/aromatic N) is 8. The minimum absolute atomic E-state index is 0. The molecule has 0 saturated heterocycles. The molecule has 2 aromatic heterocycles. The summed E-state index contributed by atoms with van der Waals surface area (Å²) in [6.07, 6.45) is 2.86. The van der Waals surface area contributed by atoms with E-state index in [1.807, 2.05) is 48.5 Å². The normalized spacial score (nSPS) is 9.81. The molecule has 6 rings (SSSR count). The number of hydrogen-bond donors (Lipinski definition) is 0. The van der Waals surface area contributed by atoms with Crippen LogP contribution in [0.4, 0.5) is 0 Å².